The van der Waals surface area contributed by atoms with Gasteiger partial charge in [-0.2, -0.15) is 0 Å². The number of rotatable bonds is 0. The molecule has 0 amide bonds. The van der Waals surface area contributed by atoms with Gasteiger partial charge in [0.1, 0.15) is 11.5 Å². The van der Waals surface area contributed by atoms with Crippen LogP contribution < -0.4 is 33.3 Å². The third-order valence-corrected chi connectivity index (χ3v) is 2.30. The Hall–Kier alpha value is -2.38. The van der Waals surface area contributed by atoms with Crippen LogP contribution in [0.5, 0.6) is 0 Å². The summed E-state index contributed by atoms with van der Waals surface area (Å²) in [6.07, 6.45) is 2.56. The fourth-order valence-corrected chi connectivity index (χ4v) is 1.43. The van der Waals surface area contributed by atoms with Gasteiger partial charge in [0.15, 0.2) is 0 Å². The molecule has 0 bridgehead atoms. The number of hydrogen-bond donors (Lipinski definition) is 4. The Morgan fingerprint density at radius 2 is 1.71 bits per heavy atom. The number of nitrogens with one attached hydrogen (secondary N) is 2. The summed E-state index contributed by atoms with van der Waals surface area (Å²) >= 11 is 0. The normalized spacial score (nSPS) is 12.4. The van der Waals surface area contributed by atoms with Gasteiger partial charge in [-0.15, -0.1) is 0 Å². The topological polar surface area (TPSA) is 120 Å². The van der Waals surface area contributed by atoms with Crippen molar-refractivity contribution < 1.29 is 0 Å². The van der Waals surface area contributed by atoms with Crippen LogP contribution in [-0.4, -0.2) is 15.8 Å². The van der Waals surface area contributed by atoms with Gasteiger partial charge in [-0.25, -0.2) is 4.79 Å². The first-order valence-corrected chi connectivity index (χ1v) is 4.90. The molecule has 17 heavy (non-hydrogen) atoms. The quantitative estimate of drug-likeness (QED) is 0.427. The van der Waals surface area contributed by atoms with Crippen molar-refractivity contribution >= 4 is 11.5 Å². The van der Waals surface area contributed by atoms with Crippen LogP contribution in [0, 0.1) is 0 Å². The van der Waals surface area contributed by atoms with Crippen LogP contribution in [0.15, 0.2) is 22.0 Å². The summed E-state index contributed by atoms with van der Waals surface area (Å²) in [5.74, 6) is 0.563. The minimum atomic E-state index is -0.319. The smallest absolute Gasteiger partial charge is 0.332 e. The van der Waals surface area contributed by atoms with Crippen molar-refractivity contribution in [3.63, 3.8) is 0 Å². The van der Waals surface area contributed by atoms with E-state index in [2.05, 4.69) is 10.6 Å². The summed E-state index contributed by atoms with van der Waals surface area (Å²) < 4.78 is 2.50. The Bertz CT molecular complexity index is 538. The van der Waals surface area contributed by atoms with Gasteiger partial charge in [-0.1, -0.05) is 0 Å². The molecule has 0 radical (unpaired) electrons. The second kappa shape index (κ2) is 5.10. The lowest BCUT2D eigenvalue weighted by atomic mass is 10.4. The predicted molar refractivity (Wildman–Crippen MR) is 66.6 cm³/mol. The zero-order chi connectivity index (χ0) is 13.0. The van der Waals surface area contributed by atoms with Crippen LogP contribution in [0.4, 0.5) is 11.5 Å². The Morgan fingerprint density at radius 3 is 2.24 bits per heavy atom. The molecule has 0 aromatic carbocycles. The molecular weight excluding hydrogens is 224 g/mol. The molecule has 0 saturated carbocycles. The van der Waals surface area contributed by atoms with E-state index in [1.807, 2.05) is 0 Å². The summed E-state index contributed by atoms with van der Waals surface area (Å²) in [6, 6.07) is 0. The van der Waals surface area contributed by atoms with Gasteiger partial charge in [-0.3, -0.25) is 13.9 Å². The number of anilines is 2. The first kappa shape index (κ1) is 12.7. The number of hydrogen-bond acceptors (Lipinski definition) is 6. The highest BCUT2D eigenvalue weighted by Crippen LogP contribution is 2.17. The molecule has 0 aliphatic carbocycles. The van der Waals surface area contributed by atoms with Crippen LogP contribution in [0.25, 0.3) is 0 Å². The number of aromatic nitrogens is 2. The van der Waals surface area contributed by atoms with Crippen LogP contribution in [0.2, 0.25) is 0 Å². The summed E-state index contributed by atoms with van der Waals surface area (Å²) in [4.78, 5) is 22.9. The lowest BCUT2D eigenvalue weighted by molar-refractivity contribution is 0.699. The molecule has 8 heteroatoms. The van der Waals surface area contributed by atoms with Crippen molar-refractivity contribution in [2.24, 2.45) is 25.6 Å². The molecule has 1 aliphatic heterocycles. The average molecular weight is 240 g/mol. The molecule has 1 aliphatic rings. The number of nitrogens with two attached hydrogens (primary N) is 2. The molecule has 2 rings (SSSR count). The highest BCUT2D eigenvalue weighted by molar-refractivity contribution is 5.68. The van der Waals surface area contributed by atoms with E-state index in [-0.39, 0.29) is 11.2 Å². The summed E-state index contributed by atoms with van der Waals surface area (Å²) in [6.45, 7) is 0.488. The molecule has 2 heterocycles. The zero-order valence-electron chi connectivity index (χ0n) is 9.73. The number of nitrogens with zero attached hydrogens (tertiary/aromatic N) is 2. The molecule has 1 aromatic heterocycles. The fraction of sp³-hybridized carbons (Fsp3) is 0.333. The molecule has 8 nitrogen and oxygen atoms in total. The van der Waals surface area contributed by atoms with Gasteiger partial charge in [0.05, 0.1) is 6.67 Å². The molecule has 6 N–H and O–H groups in total. The summed E-state index contributed by atoms with van der Waals surface area (Å²) in [5.41, 5.74) is 9.30. The second-order valence-corrected chi connectivity index (χ2v) is 3.34. The van der Waals surface area contributed by atoms with Gasteiger partial charge >= 0.3 is 5.69 Å². The molecule has 0 saturated heterocycles. The number of fused-ring (bicyclic) bond motifs is 1. The molecule has 0 unspecified atom stereocenters. The maximum absolute atomic E-state index is 11.5. The standard InChI is InChI=1S/C7H10N4O2.C2H6N2/c1-10-5-4(8-3-9-5)6(12)11(2)7(10)13;3-1-2-4/h8-9H,3H2,1-2H3;1-2H,3-4H2/b;2-1+. The first-order valence-electron chi connectivity index (χ1n) is 4.90. The Kier molecular flexibility index (Phi) is 3.81. The lowest BCUT2D eigenvalue weighted by Gasteiger charge is -2.06. The molecule has 0 atom stereocenters. The SMILES string of the molecule is Cn1c2c(c(=O)n(C)c1=O)NCN2.N/C=C/N. The van der Waals surface area contributed by atoms with E-state index in [1.165, 1.54) is 24.0 Å². The minimum absolute atomic E-state index is 0.289. The maximum Gasteiger partial charge on any atom is 0.332 e. The van der Waals surface area contributed by atoms with E-state index in [9.17, 15) is 9.59 Å². The van der Waals surface area contributed by atoms with Gasteiger partial charge in [-0.05, 0) is 0 Å². The van der Waals surface area contributed by atoms with Crippen molar-refractivity contribution in [2.45, 2.75) is 0 Å². The fourth-order valence-electron chi connectivity index (χ4n) is 1.43. The van der Waals surface area contributed by atoms with Crippen molar-refractivity contribution in [1.82, 2.24) is 9.13 Å². The minimum Gasteiger partial charge on any atom is -0.403 e. The van der Waals surface area contributed by atoms with Crippen LogP contribution in [-0.2, 0) is 14.1 Å². The highest BCUT2D eigenvalue weighted by Gasteiger charge is 2.18. The van der Waals surface area contributed by atoms with Gasteiger partial charge in [0.25, 0.3) is 5.56 Å². The average Bonchev–Trinajstić information content (AvgIpc) is 2.83. The van der Waals surface area contributed by atoms with Crippen molar-refractivity contribution in [3.05, 3.63) is 33.2 Å². The third-order valence-electron chi connectivity index (χ3n) is 2.30. The predicted octanol–water partition coefficient (Wildman–Crippen LogP) is -1.75. The largest absolute Gasteiger partial charge is 0.403 e. The van der Waals surface area contributed by atoms with Crippen molar-refractivity contribution in [3.8, 4) is 0 Å². The second-order valence-electron chi connectivity index (χ2n) is 3.34. The molecule has 1 aromatic rings. The van der Waals surface area contributed by atoms with E-state index in [1.54, 1.807) is 7.05 Å². The molecule has 0 fully saturated rings. The Balaban J connectivity index is 0.000000317. The highest BCUT2D eigenvalue weighted by atomic mass is 16.2. The summed E-state index contributed by atoms with van der Waals surface area (Å²) in [7, 11) is 3.09. The molecule has 94 valence electrons. The molecular formula is C9H16N6O2. The van der Waals surface area contributed by atoms with Crippen LogP contribution in [0.3, 0.4) is 0 Å². The van der Waals surface area contributed by atoms with E-state index >= 15 is 0 Å². The van der Waals surface area contributed by atoms with E-state index < -0.39 is 0 Å². The van der Waals surface area contributed by atoms with E-state index in [4.69, 9.17) is 11.5 Å². The van der Waals surface area contributed by atoms with Crippen LogP contribution in [0.1, 0.15) is 0 Å². The Morgan fingerprint density at radius 1 is 1.12 bits per heavy atom. The first-order chi connectivity index (χ1) is 8.04. The zero-order valence-corrected chi connectivity index (χ0v) is 9.73. The van der Waals surface area contributed by atoms with Crippen LogP contribution >= 0.6 is 0 Å². The molecule has 0 spiro atoms. The van der Waals surface area contributed by atoms with Crippen molar-refractivity contribution in [1.29, 1.82) is 0 Å². The Labute approximate surface area is 97.5 Å². The van der Waals surface area contributed by atoms with Gasteiger partial charge < -0.3 is 22.1 Å². The third kappa shape index (κ3) is 2.25. The van der Waals surface area contributed by atoms with E-state index in [0.717, 1.165) is 4.57 Å². The summed E-state index contributed by atoms with van der Waals surface area (Å²) in [5, 5.41) is 5.79. The maximum atomic E-state index is 11.5. The van der Waals surface area contributed by atoms with E-state index in [0.29, 0.717) is 18.2 Å². The lowest BCUT2D eigenvalue weighted by Crippen LogP contribution is -2.37. The van der Waals surface area contributed by atoms with Gasteiger partial charge in [0.2, 0.25) is 0 Å². The van der Waals surface area contributed by atoms with Crippen molar-refractivity contribution in [2.75, 3.05) is 17.3 Å². The van der Waals surface area contributed by atoms with Gasteiger partial charge in [0, 0.05) is 26.5 Å². The monoisotopic (exact) mass is 240 g/mol.